The Morgan fingerprint density at radius 3 is 2.58 bits per heavy atom. The van der Waals surface area contributed by atoms with Crippen molar-refractivity contribution >= 4 is 6.29 Å². The van der Waals surface area contributed by atoms with Crippen LogP contribution >= 0.6 is 0 Å². The predicted octanol–water partition coefficient (Wildman–Crippen LogP) is 0.507. The SMILES string of the molecule is CN(C)CCCCNCCC=O. The standard InChI is InChI=1S/C9H20N2O/c1-11(2)8-4-3-6-10-7-5-9-12/h9-10H,3-8H2,1-2H3. The summed E-state index contributed by atoms with van der Waals surface area (Å²) in [5, 5.41) is 3.21. The fourth-order valence-electron chi connectivity index (χ4n) is 0.964. The smallest absolute Gasteiger partial charge is 0.121 e. The molecule has 0 fully saturated rings. The van der Waals surface area contributed by atoms with Gasteiger partial charge in [0, 0.05) is 13.0 Å². The van der Waals surface area contributed by atoms with Crippen LogP contribution in [-0.2, 0) is 4.79 Å². The number of rotatable bonds is 8. The van der Waals surface area contributed by atoms with E-state index >= 15 is 0 Å². The maximum Gasteiger partial charge on any atom is 0.121 e. The van der Waals surface area contributed by atoms with E-state index < -0.39 is 0 Å². The Morgan fingerprint density at radius 2 is 2.00 bits per heavy atom. The van der Waals surface area contributed by atoms with Crippen molar-refractivity contribution in [3.05, 3.63) is 0 Å². The molecule has 0 saturated heterocycles. The van der Waals surface area contributed by atoms with Crippen LogP contribution < -0.4 is 5.32 Å². The van der Waals surface area contributed by atoms with E-state index in [9.17, 15) is 4.79 Å². The van der Waals surface area contributed by atoms with Crippen molar-refractivity contribution in [2.75, 3.05) is 33.7 Å². The molecule has 0 aliphatic carbocycles. The van der Waals surface area contributed by atoms with Crippen molar-refractivity contribution in [1.29, 1.82) is 0 Å². The Labute approximate surface area is 75.1 Å². The average Bonchev–Trinajstić information content (AvgIpc) is 2.02. The number of carbonyl (C=O) groups is 1. The molecule has 0 heterocycles. The minimum atomic E-state index is 0.633. The summed E-state index contributed by atoms with van der Waals surface area (Å²) in [6.45, 7) is 3.00. The minimum Gasteiger partial charge on any atom is -0.316 e. The normalized spacial score (nSPS) is 10.6. The molecule has 1 N–H and O–H groups in total. The Hall–Kier alpha value is -0.410. The number of unbranched alkanes of at least 4 members (excludes halogenated alkanes) is 1. The van der Waals surface area contributed by atoms with Crippen molar-refractivity contribution in [1.82, 2.24) is 10.2 Å². The molecule has 12 heavy (non-hydrogen) atoms. The zero-order valence-corrected chi connectivity index (χ0v) is 8.18. The first-order chi connectivity index (χ1) is 5.77. The number of carbonyl (C=O) groups excluding carboxylic acids is 1. The van der Waals surface area contributed by atoms with Crippen LogP contribution in [0, 0.1) is 0 Å². The van der Waals surface area contributed by atoms with Gasteiger partial charge in [-0.05, 0) is 40.0 Å². The summed E-state index contributed by atoms with van der Waals surface area (Å²) in [4.78, 5) is 12.1. The summed E-state index contributed by atoms with van der Waals surface area (Å²) in [5.41, 5.74) is 0. The molecule has 72 valence electrons. The van der Waals surface area contributed by atoms with Crippen LogP contribution in [0.5, 0.6) is 0 Å². The molecule has 0 aromatic carbocycles. The van der Waals surface area contributed by atoms with Crippen LogP contribution in [0.15, 0.2) is 0 Å². The van der Waals surface area contributed by atoms with E-state index in [2.05, 4.69) is 24.3 Å². The molecule has 0 amide bonds. The topological polar surface area (TPSA) is 32.3 Å². The lowest BCUT2D eigenvalue weighted by Crippen LogP contribution is -2.19. The third kappa shape index (κ3) is 9.59. The number of aldehydes is 1. The number of nitrogens with one attached hydrogen (secondary N) is 1. The zero-order chi connectivity index (χ0) is 9.23. The number of nitrogens with zero attached hydrogens (tertiary/aromatic N) is 1. The van der Waals surface area contributed by atoms with Crippen LogP contribution in [0.2, 0.25) is 0 Å². The van der Waals surface area contributed by atoms with Crippen LogP contribution in [0.25, 0.3) is 0 Å². The maximum atomic E-state index is 9.94. The van der Waals surface area contributed by atoms with Gasteiger partial charge in [-0.2, -0.15) is 0 Å². The second-order valence-corrected chi connectivity index (χ2v) is 3.22. The summed E-state index contributed by atoms with van der Waals surface area (Å²) in [6.07, 6.45) is 4.00. The van der Waals surface area contributed by atoms with Gasteiger partial charge in [0.05, 0.1) is 0 Å². The van der Waals surface area contributed by atoms with Crippen LogP contribution in [0.4, 0.5) is 0 Å². The lowest BCUT2D eigenvalue weighted by Gasteiger charge is -2.08. The molecule has 0 radical (unpaired) electrons. The van der Waals surface area contributed by atoms with E-state index in [1.165, 1.54) is 12.8 Å². The second-order valence-electron chi connectivity index (χ2n) is 3.22. The van der Waals surface area contributed by atoms with Gasteiger partial charge in [-0.3, -0.25) is 0 Å². The second kappa shape index (κ2) is 8.68. The summed E-state index contributed by atoms with van der Waals surface area (Å²) < 4.78 is 0. The van der Waals surface area contributed by atoms with Gasteiger partial charge in [0.15, 0.2) is 0 Å². The van der Waals surface area contributed by atoms with E-state index in [0.29, 0.717) is 6.42 Å². The minimum absolute atomic E-state index is 0.633. The Morgan fingerprint density at radius 1 is 1.25 bits per heavy atom. The van der Waals surface area contributed by atoms with Crippen molar-refractivity contribution in [3.8, 4) is 0 Å². The molecular weight excluding hydrogens is 152 g/mol. The van der Waals surface area contributed by atoms with Crippen molar-refractivity contribution < 1.29 is 4.79 Å². The van der Waals surface area contributed by atoms with Gasteiger partial charge in [0.25, 0.3) is 0 Å². The van der Waals surface area contributed by atoms with Crippen LogP contribution in [0.3, 0.4) is 0 Å². The molecule has 0 aromatic rings. The number of hydrogen-bond donors (Lipinski definition) is 1. The first kappa shape index (κ1) is 11.6. The molecule has 0 aliphatic rings. The summed E-state index contributed by atoms with van der Waals surface area (Å²) >= 11 is 0. The molecule has 3 heteroatoms. The molecule has 0 aliphatic heterocycles. The summed E-state index contributed by atoms with van der Waals surface area (Å²) in [6, 6.07) is 0. The highest BCUT2D eigenvalue weighted by molar-refractivity contribution is 5.49. The Kier molecular flexibility index (Phi) is 8.39. The Bertz CT molecular complexity index is 105. The van der Waals surface area contributed by atoms with Gasteiger partial charge in [-0.15, -0.1) is 0 Å². The highest BCUT2D eigenvalue weighted by atomic mass is 16.1. The fourth-order valence-corrected chi connectivity index (χ4v) is 0.964. The van der Waals surface area contributed by atoms with Gasteiger partial charge in [-0.25, -0.2) is 0 Å². The maximum absolute atomic E-state index is 9.94. The molecular formula is C9H20N2O. The van der Waals surface area contributed by atoms with Gasteiger partial charge in [-0.1, -0.05) is 0 Å². The van der Waals surface area contributed by atoms with Gasteiger partial charge < -0.3 is 15.0 Å². The molecule has 0 atom stereocenters. The van der Waals surface area contributed by atoms with Crippen molar-refractivity contribution in [2.45, 2.75) is 19.3 Å². The quantitative estimate of drug-likeness (QED) is 0.427. The monoisotopic (exact) mass is 172 g/mol. The molecule has 3 nitrogen and oxygen atoms in total. The first-order valence-corrected chi connectivity index (χ1v) is 4.56. The molecule has 0 rings (SSSR count). The lowest BCUT2D eigenvalue weighted by molar-refractivity contribution is -0.107. The summed E-state index contributed by atoms with van der Waals surface area (Å²) in [7, 11) is 4.17. The highest BCUT2D eigenvalue weighted by Crippen LogP contribution is 1.88. The fraction of sp³-hybridized carbons (Fsp3) is 0.889. The third-order valence-electron chi connectivity index (χ3n) is 1.65. The molecule has 0 aromatic heterocycles. The van der Waals surface area contributed by atoms with Crippen LogP contribution in [-0.4, -0.2) is 44.9 Å². The van der Waals surface area contributed by atoms with E-state index in [1.807, 2.05) is 0 Å². The predicted molar refractivity (Wildman–Crippen MR) is 51.3 cm³/mol. The lowest BCUT2D eigenvalue weighted by atomic mass is 10.3. The number of hydrogen-bond acceptors (Lipinski definition) is 3. The molecule has 0 unspecified atom stereocenters. The van der Waals surface area contributed by atoms with Gasteiger partial charge >= 0.3 is 0 Å². The first-order valence-electron chi connectivity index (χ1n) is 4.56. The average molecular weight is 172 g/mol. The van der Waals surface area contributed by atoms with Crippen molar-refractivity contribution in [3.63, 3.8) is 0 Å². The van der Waals surface area contributed by atoms with E-state index in [0.717, 1.165) is 25.9 Å². The van der Waals surface area contributed by atoms with E-state index in [4.69, 9.17) is 0 Å². The van der Waals surface area contributed by atoms with Gasteiger partial charge in [0.1, 0.15) is 6.29 Å². The van der Waals surface area contributed by atoms with Gasteiger partial charge in [0.2, 0.25) is 0 Å². The highest BCUT2D eigenvalue weighted by Gasteiger charge is 1.90. The van der Waals surface area contributed by atoms with E-state index in [-0.39, 0.29) is 0 Å². The third-order valence-corrected chi connectivity index (χ3v) is 1.65. The van der Waals surface area contributed by atoms with E-state index in [1.54, 1.807) is 0 Å². The largest absolute Gasteiger partial charge is 0.316 e. The Balaban J connectivity index is 2.86. The van der Waals surface area contributed by atoms with Crippen molar-refractivity contribution in [2.24, 2.45) is 0 Å². The van der Waals surface area contributed by atoms with Crippen LogP contribution in [0.1, 0.15) is 19.3 Å². The molecule has 0 spiro atoms. The zero-order valence-electron chi connectivity index (χ0n) is 8.18. The summed E-state index contributed by atoms with van der Waals surface area (Å²) in [5.74, 6) is 0. The molecule has 0 saturated carbocycles. The molecule has 0 bridgehead atoms.